The molecule has 0 aliphatic carbocycles. The van der Waals surface area contributed by atoms with Crippen LogP contribution in [0.2, 0.25) is 0 Å². The molecular formula is C8H19NNi. The number of hydrogen-bond donors (Lipinski definition) is 1. The van der Waals surface area contributed by atoms with Crippen molar-refractivity contribution < 1.29 is 16.5 Å². The summed E-state index contributed by atoms with van der Waals surface area (Å²) in [6.45, 7) is 4.37. The second kappa shape index (κ2) is 9.45. The zero-order valence-corrected chi connectivity index (χ0v) is 7.99. The van der Waals surface area contributed by atoms with Crippen LogP contribution in [-0.4, -0.2) is 6.04 Å². The van der Waals surface area contributed by atoms with Gasteiger partial charge in [-0.1, -0.05) is 33.1 Å². The van der Waals surface area contributed by atoms with E-state index in [2.05, 4.69) is 13.8 Å². The Bertz CT molecular complexity index is 57.2. The average molecular weight is 188 g/mol. The van der Waals surface area contributed by atoms with Crippen LogP contribution in [0.25, 0.3) is 0 Å². The van der Waals surface area contributed by atoms with Gasteiger partial charge in [-0.15, -0.1) is 0 Å². The molecule has 0 fully saturated rings. The zero-order chi connectivity index (χ0) is 7.11. The standard InChI is InChI=1S/C8H19N.Ni/c1-3-5-6-7-8(9)4-2;/h8H,3-7,9H2,1-2H3;. The monoisotopic (exact) mass is 187 g/mol. The van der Waals surface area contributed by atoms with Gasteiger partial charge in [-0.3, -0.25) is 0 Å². The SMILES string of the molecule is CCCCCC(N)CC.[Ni]. The van der Waals surface area contributed by atoms with Gasteiger partial charge in [0.1, 0.15) is 0 Å². The maximum atomic E-state index is 5.71. The fraction of sp³-hybridized carbons (Fsp3) is 1.00. The molecule has 0 aromatic rings. The van der Waals surface area contributed by atoms with E-state index in [0.29, 0.717) is 6.04 Å². The Morgan fingerprint density at radius 2 is 1.80 bits per heavy atom. The van der Waals surface area contributed by atoms with Crippen LogP contribution in [0.1, 0.15) is 46.0 Å². The minimum Gasteiger partial charge on any atom is -0.328 e. The summed E-state index contributed by atoms with van der Waals surface area (Å²) >= 11 is 0. The summed E-state index contributed by atoms with van der Waals surface area (Å²) in [6, 6.07) is 0.455. The first-order valence-corrected chi connectivity index (χ1v) is 4.06. The van der Waals surface area contributed by atoms with E-state index in [1.54, 1.807) is 0 Å². The van der Waals surface area contributed by atoms with E-state index < -0.39 is 0 Å². The largest absolute Gasteiger partial charge is 0.328 e. The predicted octanol–water partition coefficient (Wildman–Crippen LogP) is 2.30. The first kappa shape index (κ1) is 13.1. The van der Waals surface area contributed by atoms with Crippen LogP contribution in [0, 0.1) is 0 Å². The third-order valence-corrected chi connectivity index (χ3v) is 1.70. The maximum Gasteiger partial charge on any atom is 0.00362 e. The molecule has 0 bridgehead atoms. The van der Waals surface area contributed by atoms with Gasteiger partial charge in [0, 0.05) is 22.5 Å². The molecule has 0 aliphatic rings. The molecule has 0 amide bonds. The summed E-state index contributed by atoms with van der Waals surface area (Å²) in [7, 11) is 0. The maximum absolute atomic E-state index is 5.71. The van der Waals surface area contributed by atoms with Crippen LogP contribution in [-0.2, 0) is 16.5 Å². The summed E-state index contributed by atoms with van der Waals surface area (Å²) in [4.78, 5) is 0. The van der Waals surface area contributed by atoms with Gasteiger partial charge in [0.25, 0.3) is 0 Å². The van der Waals surface area contributed by atoms with Crippen molar-refractivity contribution in [3.8, 4) is 0 Å². The van der Waals surface area contributed by atoms with Crippen molar-refractivity contribution in [2.24, 2.45) is 5.73 Å². The van der Waals surface area contributed by atoms with Gasteiger partial charge in [0.15, 0.2) is 0 Å². The minimum atomic E-state index is 0. The van der Waals surface area contributed by atoms with Crippen LogP contribution in [0.3, 0.4) is 0 Å². The first-order chi connectivity index (χ1) is 4.31. The van der Waals surface area contributed by atoms with Gasteiger partial charge >= 0.3 is 0 Å². The molecule has 66 valence electrons. The topological polar surface area (TPSA) is 26.0 Å². The summed E-state index contributed by atoms with van der Waals surface area (Å²) in [6.07, 6.45) is 6.30. The van der Waals surface area contributed by atoms with Crippen LogP contribution in [0.15, 0.2) is 0 Å². The van der Waals surface area contributed by atoms with Gasteiger partial charge in [-0.25, -0.2) is 0 Å². The fourth-order valence-corrected chi connectivity index (χ4v) is 0.861. The van der Waals surface area contributed by atoms with Crippen LogP contribution in [0.5, 0.6) is 0 Å². The molecule has 10 heavy (non-hydrogen) atoms. The van der Waals surface area contributed by atoms with Crippen LogP contribution < -0.4 is 5.73 Å². The van der Waals surface area contributed by atoms with E-state index in [9.17, 15) is 0 Å². The summed E-state index contributed by atoms with van der Waals surface area (Å²) < 4.78 is 0. The van der Waals surface area contributed by atoms with Crippen molar-refractivity contribution in [1.82, 2.24) is 0 Å². The Balaban J connectivity index is 0. The van der Waals surface area contributed by atoms with Gasteiger partial charge < -0.3 is 5.73 Å². The van der Waals surface area contributed by atoms with E-state index in [1.165, 1.54) is 25.7 Å². The van der Waals surface area contributed by atoms with E-state index in [-0.39, 0.29) is 16.5 Å². The Morgan fingerprint density at radius 3 is 2.20 bits per heavy atom. The van der Waals surface area contributed by atoms with Crippen molar-refractivity contribution in [3.63, 3.8) is 0 Å². The van der Waals surface area contributed by atoms with Gasteiger partial charge in [-0.05, 0) is 12.8 Å². The molecular weight excluding hydrogens is 169 g/mol. The van der Waals surface area contributed by atoms with Crippen LogP contribution >= 0.6 is 0 Å². The molecule has 0 spiro atoms. The molecule has 0 saturated carbocycles. The second-order valence-corrected chi connectivity index (χ2v) is 2.66. The molecule has 2 N–H and O–H groups in total. The molecule has 0 saturated heterocycles. The van der Waals surface area contributed by atoms with Crippen molar-refractivity contribution in [1.29, 1.82) is 0 Å². The predicted molar refractivity (Wildman–Crippen MR) is 42.4 cm³/mol. The number of unbranched alkanes of at least 4 members (excludes halogenated alkanes) is 2. The molecule has 0 radical (unpaired) electrons. The molecule has 0 aromatic carbocycles. The molecule has 0 aromatic heterocycles. The third kappa shape index (κ3) is 8.45. The zero-order valence-electron chi connectivity index (χ0n) is 7.01. The number of nitrogens with two attached hydrogens (primary N) is 1. The summed E-state index contributed by atoms with van der Waals surface area (Å²) in [5.74, 6) is 0. The van der Waals surface area contributed by atoms with Crippen molar-refractivity contribution in [2.75, 3.05) is 0 Å². The Labute approximate surface area is 74.7 Å². The average Bonchev–Trinajstić information content (AvgIpc) is 1.89. The molecule has 1 unspecified atom stereocenters. The second-order valence-electron chi connectivity index (χ2n) is 2.66. The number of hydrogen-bond acceptors (Lipinski definition) is 1. The smallest absolute Gasteiger partial charge is 0.00362 e. The van der Waals surface area contributed by atoms with E-state index in [4.69, 9.17) is 5.73 Å². The molecule has 1 atom stereocenters. The van der Waals surface area contributed by atoms with Crippen molar-refractivity contribution in [3.05, 3.63) is 0 Å². The number of rotatable bonds is 5. The molecule has 1 nitrogen and oxygen atoms in total. The quantitative estimate of drug-likeness (QED) is 0.519. The van der Waals surface area contributed by atoms with Gasteiger partial charge in [0.2, 0.25) is 0 Å². The Morgan fingerprint density at radius 1 is 1.20 bits per heavy atom. The van der Waals surface area contributed by atoms with E-state index >= 15 is 0 Å². The summed E-state index contributed by atoms with van der Waals surface area (Å²) in [5, 5.41) is 0. The first-order valence-electron chi connectivity index (χ1n) is 4.06. The van der Waals surface area contributed by atoms with Crippen LogP contribution in [0.4, 0.5) is 0 Å². The molecule has 2 heteroatoms. The fourth-order valence-electron chi connectivity index (χ4n) is 0.861. The third-order valence-electron chi connectivity index (χ3n) is 1.70. The van der Waals surface area contributed by atoms with Gasteiger partial charge in [-0.2, -0.15) is 0 Å². The minimum absolute atomic E-state index is 0. The van der Waals surface area contributed by atoms with E-state index in [0.717, 1.165) is 6.42 Å². The van der Waals surface area contributed by atoms with Gasteiger partial charge in [0.05, 0.1) is 0 Å². The Kier molecular flexibility index (Phi) is 12.4. The van der Waals surface area contributed by atoms with Crippen molar-refractivity contribution in [2.45, 2.75) is 52.0 Å². The molecule has 0 aliphatic heterocycles. The Hall–Kier alpha value is 0.454. The van der Waals surface area contributed by atoms with Crippen molar-refractivity contribution >= 4 is 0 Å². The normalized spacial score (nSPS) is 12.3. The van der Waals surface area contributed by atoms with E-state index in [1.807, 2.05) is 0 Å². The summed E-state index contributed by atoms with van der Waals surface area (Å²) in [5.41, 5.74) is 5.71. The molecule has 0 rings (SSSR count). The molecule has 0 heterocycles.